The molecule has 2 aliphatic heterocycles. The van der Waals surface area contributed by atoms with Crippen LogP contribution in [0.2, 0.25) is 0 Å². The van der Waals surface area contributed by atoms with Crippen molar-refractivity contribution in [2.24, 2.45) is 5.73 Å². The highest BCUT2D eigenvalue weighted by atomic mass is 32.2. The summed E-state index contributed by atoms with van der Waals surface area (Å²) in [6, 6.07) is -0.0632. The van der Waals surface area contributed by atoms with Gasteiger partial charge in [-0.1, -0.05) is 0 Å². The first kappa shape index (κ1) is 11.8. The van der Waals surface area contributed by atoms with Crippen LogP contribution in [0.4, 0.5) is 0 Å². The molecule has 0 aliphatic carbocycles. The van der Waals surface area contributed by atoms with E-state index in [1.54, 1.807) is 11.8 Å². The summed E-state index contributed by atoms with van der Waals surface area (Å²) in [5, 5.41) is 0. The van der Waals surface area contributed by atoms with Gasteiger partial charge in [0.15, 0.2) is 0 Å². The predicted molar refractivity (Wildman–Crippen MR) is 59.1 cm³/mol. The second-order valence-corrected chi connectivity index (χ2v) is 6.64. The molecule has 0 bridgehead atoms. The Hall–Kier alpha value is -0.660. The monoisotopic (exact) mass is 247 g/mol. The summed E-state index contributed by atoms with van der Waals surface area (Å²) >= 11 is 0. The number of carbonyl (C=O) groups is 1. The van der Waals surface area contributed by atoms with Gasteiger partial charge in [0.2, 0.25) is 15.9 Å². The van der Waals surface area contributed by atoms with Gasteiger partial charge in [-0.2, -0.15) is 4.31 Å². The van der Waals surface area contributed by atoms with E-state index in [1.807, 2.05) is 0 Å². The molecule has 0 aromatic carbocycles. The van der Waals surface area contributed by atoms with Gasteiger partial charge in [-0.15, -0.1) is 0 Å². The minimum absolute atomic E-state index is 0.0300. The fraction of sp³-hybridized carbons (Fsp3) is 0.889. The normalized spacial score (nSPS) is 28.5. The summed E-state index contributed by atoms with van der Waals surface area (Å²) in [7, 11) is -3.09. The van der Waals surface area contributed by atoms with Crippen LogP contribution < -0.4 is 5.73 Å². The number of sulfonamides is 1. The fourth-order valence-corrected chi connectivity index (χ4v) is 3.30. The second kappa shape index (κ2) is 3.97. The first-order chi connectivity index (χ1) is 7.44. The molecule has 16 heavy (non-hydrogen) atoms. The summed E-state index contributed by atoms with van der Waals surface area (Å²) < 4.78 is 24.4. The number of hydrogen-bond acceptors (Lipinski definition) is 4. The van der Waals surface area contributed by atoms with E-state index >= 15 is 0 Å². The molecule has 1 unspecified atom stereocenters. The molecule has 0 radical (unpaired) electrons. The summed E-state index contributed by atoms with van der Waals surface area (Å²) in [4.78, 5) is 13.2. The Kier molecular flexibility index (Phi) is 2.93. The highest BCUT2D eigenvalue weighted by Gasteiger charge is 2.42. The molecule has 6 nitrogen and oxygen atoms in total. The van der Waals surface area contributed by atoms with E-state index in [9.17, 15) is 13.2 Å². The number of nitrogens with two attached hydrogens (primary N) is 1. The van der Waals surface area contributed by atoms with Crippen molar-refractivity contribution in [3.8, 4) is 0 Å². The minimum Gasteiger partial charge on any atom is -0.335 e. The van der Waals surface area contributed by atoms with Crippen LogP contribution in [0.3, 0.4) is 0 Å². The lowest BCUT2D eigenvalue weighted by atomic mass is 10.1. The van der Waals surface area contributed by atoms with Crippen molar-refractivity contribution in [3.05, 3.63) is 0 Å². The van der Waals surface area contributed by atoms with Crippen molar-refractivity contribution in [1.82, 2.24) is 9.21 Å². The Balaban J connectivity index is 1.92. The van der Waals surface area contributed by atoms with E-state index in [4.69, 9.17) is 5.73 Å². The van der Waals surface area contributed by atoms with Gasteiger partial charge in [-0.25, -0.2) is 8.42 Å². The third-order valence-corrected chi connectivity index (χ3v) is 5.03. The molecule has 2 N–H and O–H groups in total. The van der Waals surface area contributed by atoms with Gasteiger partial charge in [0.1, 0.15) is 0 Å². The molecule has 92 valence electrons. The standard InChI is InChI=1S/C9H17N3O3S/c1-2-16(14,15)11-5-8(6-11)12-4-7(10)3-9(12)13/h7-8H,2-6,10H2,1H3. The van der Waals surface area contributed by atoms with Crippen molar-refractivity contribution < 1.29 is 13.2 Å². The fourth-order valence-electron chi connectivity index (χ4n) is 2.14. The van der Waals surface area contributed by atoms with Crippen LogP contribution >= 0.6 is 0 Å². The van der Waals surface area contributed by atoms with E-state index in [2.05, 4.69) is 0 Å². The molecule has 2 heterocycles. The van der Waals surface area contributed by atoms with Crippen LogP contribution in [-0.2, 0) is 14.8 Å². The Morgan fingerprint density at radius 3 is 2.44 bits per heavy atom. The summed E-state index contributed by atoms with van der Waals surface area (Å²) in [6.07, 6.45) is 0.386. The zero-order valence-electron chi connectivity index (χ0n) is 9.30. The lowest BCUT2D eigenvalue weighted by molar-refractivity contribution is -0.131. The van der Waals surface area contributed by atoms with Crippen molar-refractivity contribution >= 4 is 15.9 Å². The zero-order chi connectivity index (χ0) is 11.9. The maximum absolute atomic E-state index is 11.5. The Labute approximate surface area is 95.4 Å². The number of rotatable bonds is 3. The highest BCUT2D eigenvalue weighted by molar-refractivity contribution is 7.89. The molecule has 0 aromatic rings. The summed E-state index contributed by atoms with van der Waals surface area (Å²) in [5.41, 5.74) is 5.68. The number of likely N-dealkylation sites (tertiary alicyclic amines) is 1. The number of nitrogens with zero attached hydrogens (tertiary/aromatic N) is 2. The molecular weight excluding hydrogens is 230 g/mol. The maximum Gasteiger partial charge on any atom is 0.224 e. The number of amides is 1. The van der Waals surface area contributed by atoms with Gasteiger partial charge in [0.25, 0.3) is 0 Å². The molecule has 1 atom stereocenters. The first-order valence-electron chi connectivity index (χ1n) is 5.47. The molecule has 1 amide bonds. The van der Waals surface area contributed by atoms with E-state index in [0.29, 0.717) is 26.1 Å². The van der Waals surface area contributed by atoms with Crippen molar-refractivity contribution in [3.63, 3.8) is 0 Å². The Bertz CT molecular complexity index is 389. The SMILES string of the molecule is CCS(=O)(=O)N1CC(N2CC(N)CC2=O)C1. The molecule has 2 fully saturated rings. The minimum atomic E-state index is -3.09. The average molecular weight is 247 g/mol. The quantitative estimate of drug-likeness (QED) is 0.663. The van der Waals surface area contributed by atoms with Gasteiger partial charge in [-0.3, -0.25) is 4.79 Å². The third-order valence-electron chi connectivity index (χ3n) is 3.22. The number of hydrogen-bond donors (Lipinski definition) is 1. The Morgan fingerprint density at radius 1 is 1.38 bits per heavy atom. The van der Waals surface area contributed by atoms with Crippen molar-refractivity contribution in [1.29, 1.82) is 0 Å². The molecular formula is C9H17N3O3S. The van der Waals surface area contributed by atoms with E-state index in [1.165, 1.54) is 4.31 Å². The zero-order valence-corrected chi connectivity index (χ0v) is 10.1. The van der Waals surface area contributed by atoms with Crippen molar-refractivity contribution in [2.45, 2.75) is 25.4 Å². The topological polar surface area (TPSA) is 83.7 Å². The lowest BCUT2D eigenvalue weighted by Gasteiger charge is -2.42. The molecule has 7 heteroatoms. The van der Waals surface area contributed by atoms with Gasteiger partial charge >= 0.3 is 0 Å². The molecule has 0 aromatic heterocycles. The second-order valence-electron chi connectivity index (χ2n) is 4.38. The van der Waals surface area contributed by atoms with Crippen LogP contribution in [0.15, 0.2) is 0 Å². The molecule has 0 saturated carbocycles. The molecule has 2 saturated heterocycles. The number of carbonyl (C=O) groups excluding carboxylic acids is 1. The van der Waals surface area contributed by atoms with Crippen LogP contribution in [0, 0.1) is 0 Å². The van der Waals surface area contributed by atoms with Gasteiger partial charge in [0.05, 0.1) is 11.8 Å². The Morgan fingerprint density at radius 2 is 2.00 bits per heavy atom. The third kappa shape index (κ3) is 1.94. The van der Waals surface area contributed by atoms with Gasteiger partial charge in [-0.05, 0) is 6.92 Å². The lowest BCUT2D eigenvalue weighted by Crippen LogP contribution is -2.61. The average Bonchev–Trinajstić information content (AvgIpc) is 2.43. The predicted octanol–water partition coefficient (Wildman–Crippen LogP) is -1.42. The van der Waals surface area contributed by atoms with E-state index in [0.717, 1.165) is 0 Å². The van der Waals surface area contributed by atoms with Gasteiger partial charge < -0.3 is 10.6 Å². The van der Waals surface area contributed by atoms with E-state index < -0.39 is 10.0 Å². The van der Waals surface area contributed by atoms with Gasteiger partial charge in [0, 0.05) is 32.1 Å². The smallest absolute Gasteiger partial charge is 0.224 e. The molecule has 0 spiro atoms. The molecule has 2 aliphatic rings. The maximum atomic E-state index is 11.5. The van der Waals surface area contributed by atoms with Crippen LogP contribution in [0.25, 0.3) is 0 Å². The summed E-state index contributed by atoms with van der Waals surface area (Å²) in [6.45, 7) is 3.03. The molecule has 2 rings (SSSR count). The van der Waals surface area contributed by atoms with E-state index in [-0.39, 0.29) is 23.7 Å². The summed E-state index contributed by atoms with van der Waals surface area (Å²) in [5.74, 6) is 0.165. The first-order valence-corrected chi connectivity index (χ1v) is 7.08. The van der Waals surface area contributed by atoms with Crippen molar-refractivity contribution in [2.75, 3.05) is 25.4 Å². The highest BCUT2D eigenvalue weighted by Crippen LogP contribution is 2.23. The van der Waals surface area contributed by atoms with Crippen LogP contribution in [-0.4, -0.2) is 61.0 Å². The van der Waals surface area contributed by atoms with Crippen LogP contribution in [0.1, 0.15) is 13.3 Å². The largest absolute Gasteiger partial charge is 0.335 e. The van der Waals surface area contributed by atoms with Crippen LogP contribution in [0.5, 0.6) is 0 Å².